The summed E-state index contributed by atoms with van der Waals surface area (Å²) in [4.78, 5) is 30.1. The second-order valence-corrected chi connectivity index (χ2v) is 14.2. The predicted molar refractivity (Wildman–Crippen MR) is 195 cm³/mol. The summed E-state index contributed by atoms with van der Waals surface area (Å²) in [6, 6.07) is 27.0. The molecule has 0 aliphatic rings. The molecule has 4 aromatic carbocycles. The van der Waals surface area contributed by atoms with Gasteiger partial charge in [-0.25, -0.2) is 8.42 Å². The molecule has 0 heterocycles. The summed E-state index contributed by atoms with van der Waals surface area (Å²) < 4.78 is 46.4. The lowest BCUT2D eigenvalue weighted by Crippen LogP contribution is -2.53. The second kappa shape index (κ2) is 17.6. The van der Waals surface area contributed by atoms with Gasteiger partial charge in [-0.1, -0.05) is 74.0 Å². The summed E-state index contributed by atoms with van der Waals surface area (Å²) in [6.07, 6.45) is 0.230. The van der Waals surface area contributed by atoms with E-state index in [0.717, 1.165) is 21.0 Å². The van der Waals surface area contributed by atoms with Crippen molar-refractivity contribution in [1.29, 1.82) is 0 Å². The highest BCUT2D eigenvalue weighted by Crippen LogP contribution is 2.33. The Morgan fingerprint density at radius 3 is 2.12 bits per heavy atom. The van der Waals surface area contributed by atoms with E-state index in [-0.39, 0.29) is 41.1 Å². The molecule has 266 valence electrons. The van der Waals surface area contributed by atoms with Crippen LogP contribution < -0.4 is 23.8 Å². The number of aryl methyl sites for hydroxylation is 1. The first-order valence-electron chi connectivity index (χ1n) is 16.6. The molecule has 0 bridgehead atoms. The number of nitrogens with zero attached hydrogens (tertiary/aromatic N) is 2. The van der Waals surface area contributed by atoms with E-state index in [1.54, 1.807) is 24.3 Å². The third-order valence-corrected chi connectivity index (χ3v) is 9.82. The Morgan fingerprint density at radius 1 is 0.820 bits per heavy atom. The number of hydrogen-bond acceptors (Lipinski definition) is 7. The minimum Gasteiger partial charge on any atom is -0.494 e. The molecule has 0 saturated heterocycles. The van der Waals surface area contributed by atoms with Crippen LogP contribution in [0.3, 0.4) is 0 Å². The Hall–Kier alpha value is -5.03. The highest BCUT2D eigenvalue weighted by atomic mass is 32.2. The van der Waals surface area contributed by atoms with E-state index in [1.165, 1.54) is 37.3 Å². The molecule has 2 amide bonds. The van der Waals surface area contributed by atoms with Crippen molar-refractivity contribution in [1.82, 2.24) is 10.2 Å². The number of ether oxygens (including phenoxy) is 3. The Morgan fingerprint density at radius 2 is 1.50 bits per heavy atom. The Labute approximate surface area is 296 Å². The van der Waals surface area contributed by atoms with Gasteiger partial charge in [0.05, 0.1) is 31.4 Å². The van der Waals surface area contributed by atoms with E-state index in [9.17, 15) is 18.0 Å². The summed E-state index contributed by atoms with van der Waals surface area (Å²) in [5.41, 5.74) is 2.91. The van der Waals surface area contributed by atoms with Crippen LogP contribution in [0.2, 0.25) is 0 Å². The van der Waals surface area contributed by atoms with Crippen LogP contribution in [0.4, 0.5) is 5.69 Å². The molecular formula is C39H47N3O7S. The first kappa shape index (κ1) is 37.8. The smallest absolute Gasteiger partial charge is 0.264 e. The van der Waals surface area contributed by atoms with Crippen LogP contribution >= 0.6 is 0 Å². The summed E-state index contributed by atoms with van der Waals surface area (Å²) in [6.45, 7) is 8.15. The number of carbonyl (C=O) groups is 2. The van der Waals surface area contributed by atoms with Crippen LogP contribution in [0, 0.1) is 12.8 Å². The van der Waals surface area contributed by atoms with Crippen molar-refractivity contribution < 1.29 is 32.2 Å². The molecule has 0 unspecified atom stereocenters. The topological polar surface area (TPSA) is 114 Å². The molecule has 0 radical (unpaired) electrons. The van der Waals surface area contributed by atoms with Crippen molar-refractivity contribution in [2.24, 2.45) is 5.92 Å². The minimum absolute atomic E-state index is 0.0840. The molecule has 50 heavy (non-hydrogen) atoms. The van der Waals surface area contributed by atoms with E-state index in [0.29, 0.717) is 24.7 Å². The maximum Gasteiger partial charge on any atom is 0.264 e. The fourth-order valence-electron chi connectivity index (χ4n) is 5.49. The van der Waals surface area contributed by atoms with Crippen LogP contribution in [0.1, 0.15) is 37.5 Å². The Balaban J connectivity index is 1.83. The normalized spacial score (nSPS) is 11.8. The van der Waals surface area contributed by atoms with E-state index < -0.39 is 28.5 Å². The largest absolute Gasteiger partial charge is 0.494 e. The molecule has 0 aliphatic heterocycles. The fourth-order valence-corrected chi connectivity index (χ4v) is 6.92. The van der Waals surface area contributed by atoms with Gasteiger partial charge in [-0.05, 0) is 67.3 Å². The number of benzene rings is 4. The molecule has 0 spiro atoms. The fraction of sp³-hybridized carbons (Fsp3) is 0.333. The van der Waals surface area contributed by atoms with Crippen molar-refractivity contribution in [2.45, 2.75) is 51.6 Å². The number of hydrogen-bond donors (Lipinski definition) is 1. The maximum absolute atomic E-state index is 14.7. The number of methoxy groups -OCH3 is 2. The molecule has 10 nitrogen and oxygen atoms in total. The average Bonchev–Trinajstić information content (AvgIpc) is 3.11. The van der Waals surface area contributed by atoms with Crippen LogP contribution in [0.15, 0.2) is 102 Å². The van der Waals surface area contributed by atoms with Gasteiger partial charge in [-0.15, -0.1) is 0 Å². The second-order valence-electron chi connectivity index (χ2n) is 12.3. The zero-order chi connectivity index (χ0) is 36.3. The Bertz CT molecular complexity index is 1830. The van der Waals surface area contributed by atoms with Crippen LogP contribution in [0.25, 0.3) is 0 Å². The Kier molecular flexibility index (Phi) is 13.3. The maximum atomic E-state index is 14.7. The number of carbonyl (C=O) groups excluding carboxylic acids is 2. The number of rotatable bonds is 17. The lowest BCUT2D eigenvalue weighted by atomic mass is 10.0. The first-order valence-corrected chi connectivity index (χ1v) is 18.0. The van der Waals surface area contributed by atoms with Gasteiger partial charge in [-0.2, -0.15) is 0 Å². The molecule has 11 heteroatoms. The minimum atomic E-state index is -4.36. The lowest BCUT2D eigenvalue weighted by Gasteiger charge is -2.34. The van der Waals surface area contributed by atoms with E-state index in [4.69, 9.17) is 14.2 Å². The van der Waals surface area contributed by atoms with Crippen molar-refractivity contribution in [2.75, 3.05) is 38.2 Å². The third kappa shape index (κ3) is 9.78. The van der Waals surface area contributed by atoms with Crippen LogP contribution in [-0.4, -0.2) is 65.1 Å². The monoisotopic (exact) mass is 701 g/mol. The molecular weight excluding hydrogens is 655 g/mol. The van der Waals surface area contributed by atoms with Gasteiger partial charge in [0, 0.05) is 25.6 Å². The van der Waals surface area contributed by atoms with Gasteiger partial charge in [0.2, 0.25) is 11.8 Å². The van der Waals surface area contributed by atoms with Gasteiger partial charge in [0.1, 0.15) is 18.3 Å². The summed E-state index contributed by atoms with van der Waals surface area (Å²) >= 11 is 0. The van der Waals surface area contributed by atoms with Crippen LogP contribution in [-0.2, 0) is 32.6 Å². The van der Waals surface area contributed by atoms with Gasteiger partial charge in [0.15, 0.2) is 11.5 Å². The molecule has 4 aromatic rings. The number of anilines is 1. The zero-order valence-electron chi connectivity index (χ0n) is 29.6. The van der Waals surface area contributed by atoms with E-state index in [2.05, 4.69) is 5.32 Å². The quantitative estimate of drug-likeness (QED) is 0.143. The number of amides is 2. The molecule has 0 fully saturated rings. The average molecular weight is 702 g/mol. The molecule has 0 saturated carbocycles. The van der Waals surface area contributed by atoms with E-state index in [1.807, 2.05) is 82.3 Å². The van der Waals surface area contributed by atoms with Crippen molar-refractivity contribution in [3.63, 3.8) is 0 Å². The van der Waals surface area contributed by atoms with Gasteiger partial charge in [0.25, 0.3) is 10.0 Å². The highest BCUT2D eigenvalue weighted by Gasteiger charge is 2.35. The number of nitrogens with one attached hydrogen (secondary N) is 1. The van der Waals surface area contributed by atoms with Crippen molar-refractivity contribution >= 4 is 27.5 Å². The van der Waals surface area contributed by atoms with Crippen molar-refractivity contribution in [3.05, 3.63) is 114 Å². The molecule has 0 aliphatic carbocycles. The zero-order valence-corrected chi connectivity index (χ0v) is 30.4. The molecule has 1 atom stereocenters. The first-order chi connectivity index (χ1) is 24.0. The molecule has 0 aromatic heterocycles. The number of sulfonamides is 1. The molecule has 1 N–H and O–H groups in total. The van der Waals surface area contributed by atoms with Gasteiger partial charge >= 0.3 is 0 Å². The third-order valence-electron chi connectivity index (χ3n) is 8.05. The summed E-state index contributed by atoms with van der Waals surface area (Å²) in [5.74, 6) is 0.438. The SMILES string of the molecule is CCOc1ccc(N(CC(=O)N(Cc2cccc(C)c2)[C@H](Cc2ccccc2)C(=O)NCC(C)C)S(=O)(=O)c2ccc(OC)c(OC)c2)cc1. The van der Waals surface area contributed by atoms with Crippen molar-refractivity contribution in [3.8, 4) is 17.2 Å². The standard InChI is InChI=1S/C39H47N3O7S/c1-7-49-33-18-16-32(17-19-33)42(50(45,46)34-20-21-36(47-5)37(24-34)48-6)27-38(43)41(26-31-15-11-12-29(4)22-31)35(39(44)40-25-28(2)3)23-30-13-9-8-10-14-30/h8-22,24,28,35H,7,23,25-27H2,1-6H3,(H,40,44)/t35-/m1/s1. The van der Waals surface area contributed by atoms with E-state index >= 15 is 0 Å². The predicted octanol–water partition coefficient (Wildman–Crippen LogP) is 6.02. The summed E-state index contributed by atoms with van der Waals surface area (Å²) in [5, 5.41) is 3.01. The van der Waals surface area contributed by atoms with Crippen LogP contribution in [0.5, 0.6) is 17.2 Å². The van der Waals surface area contributed by atoms with Gasteiger partial charge in [-0.3, -0.25) is 13.9 Å². The van der Waals surface area contributed by atoms with Gasteiger partial charge < -0.3 is 24.4 Å². The summed E-state index contributed by atoms with van der Waals surface area (Å²) in [7, 11) is -1.48. The molecule has 4 rings (SSSR count). The highest BCUT2D eigenvalue weighted by molar-refractivity contribution is 7.92. The lowest BCUT2D eigenvalue weighted by molar-refractivity contribution is -0.140.